The van der Waals surface area contributed by atoms with Crippen LogP contribution in [-0.2, 0) is 11.2 Å². The van der Waals surface area contributed by atoms with Crippen LogP contribution in [0, 0.1) is 5.92 Å². The van der Waals surface area contributed by atoms with E-state index in [4.69, 9.17) is 9.47 Å². The molecule has 22 heavy (non-hydrogen) atoms. The Morgan fingerprint density at radius 1 is 1.32 bits per heavy atom. The van der Waals surface area contributed by atoms with Crippen LogP contribution in [0.3, 0.4) is 0 Å². The number of hydrogen-bond donors (Lipinski definition) is 1. The van der Waals surface area contributed by atoms with Gasteiger partial charge in [-0.3, -0.25) is 4.90 Å². The SMILES string of the molecule is CCOc1cc(NCCN2CCOCC2)nc(CC(C)C)n1. The van der Waals surface area contributed by atoms with Gasteiger partial charge in [0, 0.05) is 38.7 Å². The minimum atomic E-state index is 0.526. The van der Waals surface area contributed by atoms with Gasteiger partial charge in [0.2, 0.25) is 5.88 Å². The third-order valence-corrected chi connectivity index (χ3v) is 3.47. The summed E-state index contributed by atoms with van der Waals surface area (Å²) >= 11 is 0. The third kappa shape index (κ3) is 5.77. The Morgan fingerprint density at radius 2 is 2.09 bits per heavy atom. The maximum absolute atomic E-state index is 5.55. The van der Waals surface area contributed by atoms with E-state index in [0.29, 0.717) is 18.4 Å². The molecule has 6 nitrogen and oxygen atoms in total. The Hall–Kier alpha value is -1.40. The smallest absolute Gasteiger partial charge is 0.218 e. The molecule has 2 heterocycles. The van der Waals surface area contributed by atoms with Crippen LogP contribution in [0.1, 0.15) is 26.6 Å². The molecule has 1 aromatic heterocycles. The van der Waals surface area contributed by atoms with Gasteiger partial charge >= 0.3 is 0 Å². The highest BCUT2D eigenvalue weighted by Crippen LogP contribution is 2.15. The maximum atomic E-state index is 5.55. The van der Waals surface area contributed by atoms with Crippen LogP contribution in [0.2, 0.25) is 0 Å². The maximum Gasteiger partial charge on any atom is 0.218 e. The Morgan fingerprint density at radius 3 is 2.77 bits per heavy atom. The van der Waals surface area contributed by atoms with Crippen LogP contribution < -0.4 is 10.1 Å². The van der Waals surface area contributed by atoms with Crippen molar-refractivity contribution >= 4 is 5.82 Å². The average Bonchev–Trinajstić information content (AvgIpc) is 2.48. The van der Waals surface area contributed by atoms with Crippen LogP contribution in [0.5, 0.6) is 5.88 Å². The highest BCUT2D eigenvalue weighted by Gasteiger charge is 2.11. The predicted molar refractivity (Wildman–Crippen MR) is 87.5 cm³/mol. The molecular weight excluding hydrogens is 280 g/mol. The first-order valence-corrected chi connectivity index (χ1v) is 8.22. The van der Waals surface area contributed by atoms with Gasteiger partial charge in [-0.1, -0.05) is 13.8 Å². The van der Waals surface area contributed by atoms with E-state index >= 15 is 0 Å². The molecule has 0 bridgehead atoms. The zero-order valence-electron chi connectivity index (χ0n) is 14.0. The molecule has 1 N–H and O–H groups in total. The zero-order chi connectivity index (χ0) is 15.8. The van der Waals surface area contributed by atoms with Gasteiger partial charge in [-0.25, -0.2) is 4.98 Å². The lowest BCUT2D eigenvalue weighted by Gasteiger charge is -2.26. The number of hydrogen-bond acceptors (Lipinski definition) is 6. The number of nitrogens with zero attached hydrogens (tertiary/aromatic N) is 3. The quantitative estimate of drug-likeness (QED) is 0.790. The van der Waals surface area contributed by atoms with Crippen molar-refractivity contribution in [2.24, 2.45) is 5.92 Å². The van der Waals surface area contributed by atoms with Crippen molar-refractivity contribution in [3.8, 4) is 5.88 Å². The number of anilines is 1. The Balaban J connectivity index is 1.91. The molecule has 0 saturated carbocycles. The molecule has 1 aromatic rings. The molecule has 1 saturated heterocycles. The summed E-state index contributed by atoms with van der Waals surface area (Å²) in [6, 6.07) is 1.88. The van der Waals surface area contributed by atoms with Crippen molar-refractivity contribution < 1.29 is 9.47 Å². The van der Waals surface area contributed by atoms with E-state index in [9.17, 15) is 0 Å². The summed E-state index contributed by atoms with van der Waals surface area (Å²) in [5, 5.41) is 3.39. The van der Waals surface area contributed by atoms with E-state index in [-0.39, 0.29) is 0 Å². The molecule has 0 aliphatic carbocycles. The van der Waals surface area contributed by atoms with Gasteiger partial charge in [-0.2, -0.15) is 4.98 Å². The summed E-state index contributed by atoms with van der Waals surface area (Å²) in [5.41, 5.74) is 0. The van der Waals surface area contributed by atoms with Gasteiger partial charge in [-0.05, 0) is 12.8 Å². The molecule has 1 aliphatic rings. The third-order valence-electron chi connectivity index (χ3n) is 3.47. The number of morpholine rings is 1. The van der Waals surface area contributed by atoms with Crippen LogP contribution in [-0.4, -0.2) is 60.9 Å². The first-order valence-electron chi connectivity index (χ1n) is 8.22. The standard InChI is InChI=1S/C16H28N4O2/c1-4-22-16-12-14(18-15(19-16)11-13(2)3)17-5-6-20-7-9-21-10-8-20/h12-13H,4-11H2,1-3H3,(H,17,18,19). The van der Waals surface area contributed by atoms with Crippen molar-refractivity contribution in [2.75, 3.05) is 51.3 Å². The van der Waals surface area contributed by atoms with Gasteiger partial charge in [0.25, 0.3) is 0 Å². The van der Waals surface area contributed by atoms with Crippen LogP contribution >= 0.6 is 0 Å². The molecule has 124 valence electrons. The topological polar surface area (TPSA) is 59.5 Å². The molecule has 0 radical (unpaired) electrons. The number of aromatic nitrogens is 2. The number of ether oxygens (including phenoxy) is 2. The van der Waals surface area contributed by atoms with E-state index < -0.39 is 0 Å². The van der Waals surface area contributed by atoms with Gasteiger partial charge < -0.3 is 14.8 Å². The van der Waals surface area contributed by atoms with Crippen LogP contribution in [0.25, 0.3) is 0 Å². The Kier molecular flexibility index (Phi) is 6.86. The lowest BCUT2D eigenvalue weighted by atomic mass is 10.1. The van der Waals surface area contributed by atoms with Crippen LogP contribution in [0.4, 0.5) is 5.82 Å². The molecule has 0 unspecified atom stereocenters. The van der Waals surface area contributed by atoms with Gasteiger partial charge in [0.15, 0.2) is 0 Å². The fourth-order valence-corrected chi connectivity index (χ4v) is 2.41. The van der Waals surface area contributed by atoms with Crippen molar-refractivity contribution in [2.45, 2.75) is 27.2 Å². The predicted octanol–water partition coefficient (Wildman–Crippen LogP) is 1.82. The fraction of sp³-hybridized carbons (Fsp3) is 0.750. The molecule has 0 amide bonds. The zero-order valence-corrected chi connectivity index (χ0v) is 14.0. The average molecular weight is 308 g/mol. The molecular formula is C16H28N4O2. The molecule has 6 heteroatoms. The summed E-state index contributed by atoms with van der Waals surface area (Å²) in [7, 11) is 0. The van der Waals surface area contributed by atoms with Gasteiger partial charge in [0.05, 0.1) is 19.8 Å². The fourth-order valence-electron chi connectivity index (χ4n) is 2.41. The second-order valence-corrected chi connectivity index (χ2v) is 5.92. The summed E-state index contributed by atoms with van der Waals surface area (Å²) < 4.78 is 10.9. The molecule has 0 spiro atoms. The van der Waals surface area contributed by atoms with E-state index in [0.717, 1.165) is 57.5 Å². The minimum absolute atomic E-state index is 0.526. The summed E-state index contributed by atoms with van der Waals surface area (Å²) in [6.07, 6.45) is 0.860. The van der Waals surface area contributed by atoms with Gasteiger partial charge in [-0.15, -0.1) is 0 Å². The lowest BCUT2D eigenvalue weighted by molar-refractivity contribution is 0.0398. The molecule has 1 fully saturated rings. The summed E-state index contributed by atoms with van der Waals surface area (Å²) in [5.74, 6) is 2.87. The van der Waals surface area contributed by atoms with Crippen molar-refractivity contribution in [1.29, 1.82) is 0 Å². The Bertz CT molecular complexity index is 448. The van der Waals surface area contributed by atoms with E-state index in [1.807, 2.05) is 13.0 Å². The second kappa shape index (κ2) is 8.90. The first kappa shape index (κ1) is 17.0. The normalized spacial score (nSPS) is 16.0. The highest BCUT2D eigenvalue weighted by molar-refractivity contribution is 5.38. The molecule has 0 atom stereocenters. The van der Waals surface area contributed by atoms with Crippen molar-refractivity contribution in [1.82, 2.24) is 14.9 Å². The molecule has 2 rings (SSSR count). The van der Waals surface area contributed by atoms with E-state index in [1.165, 1.54) is 0 Å². The first-order chi connectivity index (χ1) is 10.7. The summed E-state index contributed by atoms with van der Waals surface area (Å²) in [6.45, 7) is 12.5. The summed E-state index contributed by atoms with van der Waals surface area (Å²) in [4.78, 5) is 11.5. The highest BCUT2D eigenvalue weighted by atomic mass is 16.5. The molecule has 0 aromatic carbocycles. The van der Waals surface area contributed by atoms with Crippen molar-refractivity contribution in [3.63, 3.8) is 0 Å². The number of rotatable bonds is 8. The lowest BCUT2D eigenvalue weighted by Crippen LogP contribution is -2.39. The monoisotopic (exact) mass is 308 g/mol. The molecule has 1 aliphatic heterocycles. The Labute approximate surface area is 133 Å². The minimum Gasteiger partial charge on any atom is -0.478 e. The van der Waals surface area contributed by atoms with Crippen molar-refractivity contribution in [3.05, 3.63) is 11.9 Å². The van der Waals surface area contributed by atoms with Crippen LogP contribution in [0.15, 0.2) is 6.07 Å². The largest absolute Gasteiger partial charge is 0.478 e. The van der Waals surface area contributed by atoms with E-state index in [1.54, 1.807) is 0 Å². The van der Waals surface area contributed by atoms with Gasteiger partial charge in [0.1, 0.15) is 11.6 Å². The van der Waals surface area contributed by atoms with E-state index in [2.05, 4.69) is 34.0 Å². The number of nitrogens with one attached hydrogen (secondary N) is 1. The second-order valence-electron chi connectivity index (χ2n) is 5.92.